The van der Waals surface area contributed by atoms with Gasteiger partial charge in [-0.3, -0.25) is 0 Å². The fourth-order valence-corrected chi connectivity index (χ4v) is 2.76. The average molecular weight is 346 g/mol. The van der Waals surface area contributed by atoms with Gasteiger partial charge in [0.1, 0.15) is 12.1 Å². The molecule has 19 heavy (non-hydrogen) atoms. The molecule has 2 aromatic rings. The summed E-state index contributed by atoms with van der Waals surface area (Å²) in [5.41, 5.74) is 1.59. The van der Waals surface area contributed by atoms with Crippen LogP contribution in [0.15, 0.2) is 35.1 Å². The molecule has 0 aliphatic rings. The van der Waals surface area contributed by atoms with Gasteiger partial charge in [0.05, 0.1) is 12.5 Å². The Balaban J connectivity index is 2.17. The Hall–Kier alpha value is -1.20. The third-order valence-corrected chi connectivity index (χ3v) is 3.67. The van der Waals surface area contributed by atoms with Crippen molar-refractivity contribution in [1.82, 2.24) is 9.97 Å². The van der Waals surface area contributed by atoms with Crippen LogP contribution in [0.4, 0.5) is 4.39 Å². The van der Waals surface area contributed by atoms with E-state index < -0.39 is 0 Å². The number of nitrogens with zero attached hydrogens (tertiary/aromatic N) is 2. The van der Waals surface area contributed by atoms with Crippen molar-refractivity contribution in [2.24, 2.45) is 0 Å². The minimum Gasteiger partial charge on any atom is -0.481 e. The molecular formula is C13H11BrClFN2O. The fraction of sp³-hybridized carbons (Fsp3) is 0.231. The molecule has 0 aliphatic carbocycles. The summed E-state index contributed by atoms with van der Waals surface area (Å²) >= 11 is 9.65. The first-order chi connectivity index (χ1) is 9.10. The minimum absolute atomic E-state index is 0.303. The summed E-state index contributed by atoms with van der Waals surface area (Å²) in [4.78, 5) is 8.07. The van der Waals surface area contributed by atoms with Crippen LogP contribution in [0.5, 0.6) is 5.88 Å². The average Bonchev–Trinajstić information content (AvgIpc) is 2.38. The molecule has 0 radical (unpaired) electrons. The van der Waals surface area contributed by atoms with Gasteiger partial charge in [0.15, 0.2) is 0 Å². The Morgan fingerprint density at radius 1 is 1.37 bits per heavy atom. The van der Waals surface area contributed by atoms with E-state index in [-0.39, 0.29) is 11.2 Å². The van der Waals surface area contributed by atoms with E-state index in [0.717, 1.165) is 11.3 Å². The van der Waals surface area contributed by atoms with Crippen LogP contribution in [0.3, 0.4) is 0 Å². The molecule has 0 N–H and O–H groups in total. The van der Waals surface area contributed by atoms with E-state index in [2.05, 4.69) is 25.9 Å². The number of benzene rings is 1. The molecule has 2 rings (SSSR count). The Morgan fingerprint density at radius 3 is 2.84 bits per heavy atom. The number of rotatable bonds is 4. The summed E-state index contributed by atoms with van der Waals surface area (Å²) in [5, 5.41) is -0.311. The lowest BCUT2D eigenvalue weighted by Gasteiger charge is -2.11. The van der Waals surface area contributed by atoms with Gasteiger partial charge in [0, 0.05) is 22.7 Å². The molecule has 1 unspecified atom stereocenters. The number of ether oxygens (including phenoxy) is 1. The lowest BCUT2D eigenvalue weighted by molar-refractivity contribution is 0.396. The lowest BCUT2D eigenvalue weighted by atomic mass is 10.1. The van der Waals surface area contributed by atoms with Gasteiger partial charge >= 0.3 is 0 Å². The number of alkyl halides is 1. The molecule has 1 aromatic heterocycles. The van der Waals surface area contributed by atoms with Crippen LogP contribution in [-0.4, -0.2) is 17.1 Å². The molecule has 0 saturated carbocycles. The topological polar surface area (TPSA) is 35.0 Å². The third kappa shape index (κ3) is 3.64. The zero-order chi connectivity index (χ0) is 13.8. The second-order valence-electron chi connectivity index (χ2n) is 3.89. The van der Waals surface area contributed by atoms with Gasteiger partial charge in [-0.05, 0) is 17.7 Å². The molecule has 6 heteroatoms. The van der Waals surface area contributed by atoms with Crippen LogP contribution in [-0.2, 0) is 6.42 Å². The maximum atomic E-state index is 13.0. The summed E-state index contributed by atoms with van der Waals surface area (Å²) in [6.45, 7) is 0. The second kappa shape index (κ2) is 6.30. The predicted molar refractivity (Wildman–Crippen MR) is 75.0 cm³/mol. The molecule has 1 aromatic carbocycles. The normalized spacial score (nSPS) is 12.2. The van der Waals surface area contributed by atoms with Crippen LogP contribution >= 0.6 is 27.5 Å². The van der Waals surface area contributed by atoms with Gasteiger partial charge < -0.3 is 4.74 Å². The van der Waals surface area contributed by atoms with Crippen LogP contribution < -0.4 is 4.74 Å². The van der Waals surface area contributed by atoms with Crippen molar-refractivity contribution in [3.63, 3.8) is 0 Å². The van der Waals surface area contributed by atoms with Gasteiger partial charge in [0.25, 0.3) is 0 Å². The predicted octanol–water partition coefficient (Wildman–Crippen LogP) is 3.91. The molecule has 0 bridgehead atoms. The molecule has 100 valence electrons. The smallest absolute Gasteiger partial charge is 0.216 e. The third-order valence-electron chi connectivity index (χ3n) is 2.60. The highest BCUT2D eigenvalue weighted by molar-refractivity contribution is 9.10. The van der Waals surface area contributed by atoms with Crippen LogP contribution in [0.25, 0.3) is 0 Å². The molecule has 0 saturated heterocycles. The number of hydrogen-bond donors (Lipinski definition) is 0. The van der Waals surface area contributed by atoms with Crippen molar-refractivity contribution >= 4 is 27.5 Å². The maximum absolute atomic E-state index is 13.0. The number of aromatic nitrogens is 2. The highest BCUT2D eigenvalue weighted by Gasteiger charge is 2.14. The summed E-state index contributed by atoms with van der Waals surface area (Å²) < 4.78 is 18.7. The molecule has 0 fully saturated rings. The molecule has 1 atom stereocenters. The standard InChI is InChI=1S/C13H11BrClFN2O/c1-19-13-6-9(17-7-18-13)5-12(15)10-3-2-8(16)4-11(10)14/h2-4,6-7,12H,5H2,1H3. The highest BCUT2D eigenvalue weighted by atomic mass is 79.9. The molecule has 1 heterocycles. The van der Waals surface area contributed by atoms with Crippen LogP contribution in [0.2, 0.25) is 0 Å². The largest absolute Gasteiger partial charge is 0.481 e. The van der Waals surface area contributed by atoms with E-state index >= 15 is 0 Å². The fourth-order valence-electron chi connectivity index (χ4n) is 1.65. The SMILES string of the molecule is COc1cc(CC(Cl)c2ccc(F)cc2Br)ncn1. The number of methoxy groups -OCH3 is 1. The highest BCUT2D eigenvalue weighted by Crippen LogP contribution is 2.31. The van der Waals surface area contributed by atoms with Gasteiger partial charge in [0.2, 0.25) is 5.88 Å². The van der Waals surface area contributed by atoms with Crippen molar-refractivity contribution in [2.45, 2.75) is 11.8 Å². The quantitative estimate of drug-likeness (QED) is 0.788. The Bertz CT molecular complexity index is 582. The minimum atomic E-state index is -0.311. The maximum Gasteiger partial charge on any atom is 0.216 e. The summed E-state index contributed by atoms with van der Waals surface area (Å²) in [6, 6.07) is 6.17. The van der Waals surface area contributed by atoms with Gasteiger partial charge in [-0.25, -0.2) is 14.4 Å². The monoisotopic (exact) mass is 344 g/mol. The molecule has 0 aliphatic heterocycles. The summed E-state index contributed by atoms with van der Waals surface area (Å²) in [6.07, 6.45) is 1.93. The summed E-state index contributed by atoms with van der Waals surface area (Å²) in [5.74, 6) is 0.190. The van der Waals surface area contributed by atoms with Crippen molar-refractivity contribution in [2.75, 3.05) is 7.11 Å². The summed E-state index contributed by atoms with van der Waals surface area (Å²) in [7, 11) is 1.54. The number of halogens is 3. The Morgan fingerprint density at radius 2 is 2.16 bits per heavy atom. The van der Waals surface area contributed by atoms with Crippen molar-refractivity contribution in [1.29, 1.82) is 0 Å². The Labute approximate surface area is 123 Å². The van der Waals surface area contributed by atoms with Crippen molar-refractivity contribution in [3.05, 3.63) is 52.1 Å². The van der Waals surface area contributed by atoms with Crippen molar-refractivity contribution in [3.8, 4) is 5.88 Å². The van der Waals surface area contributed by atoms with Gasteiger partial charge in [-0.15, -0.1) is 11.6 Å². The molecule has 0 amide bonds. The molecular weight excluding hydrogens is 335 g/mol. The van der Waals surface area contributed by atoms with E-state index in [1.165, 1.54) is 18.5 Å². The van der Waals surface area contributed by atoms with Gasteiger partial charge in [-0.2, -0.15) is 0 Å². The zero-order valence-electron chi connectivity index (χ0n) is 10.1. The van der Waals surface area contributed by atoms with E-state index in [1.807, 2.05) is 0 Å². The Kier molecular flexibility index (Phi) is 4.71. The first kappa shape index (κ1) is 14.2. The van der Waals surface area contributed by atoms with E-state index in [1.54, 1.807) is 19.2 Å². The van der Waals surface area contributed by atoms with E-state index in [4.69, 9.17) is 16.3 Å². The second-order valence-corrected chi connectivity index (χ2v) is 5.27. The first-order valence-corrected chi connectivity index (χ1v) is 6.77. The van der Waals surface area contributed by atoms with Gasteiger partial charge in [-0.1, -0.05) is 22.0 Å². The van der Waals surface area contributed by atoms with Crippen molar-refractivity contribution < 1.29 is 9.13 Å². The number of hydrogen-bond acceptors (Lipinski definition) is 3. The lowest BCUT2D eigenvalue weighted by Crippen LogP contribution is -2.01. The first-order valence-electron chi connectivity index (χ1n) is 5.54. The van der Waals surface area contributed by atoms with Crippen LogP contribution in [0.1, 0.15) is 16.6 Å². The van der Waals surface area contributed by atoms with Crippen LogP contribution in [0, 0.1) is 5.82 Å². The molecule has 3 nitrogen and oxygen atoms in total. The van der Waals surface area contributed by atoms with E-state index in [9.17, 15) is 4.39 Å². The van der Waals surface area contributed by atoms with E-state index in [0.29, 0.717) is 16.8 Å². The molecule has 0 spiro atoms. The zero-order valence-corrected chi connectivity index (χ0v) is 12.4.